The average Bonchev–Trinajstić information content (AvgIpc) is 2.46. The third kappa shape index (κ3) is 3.74. The van der Waals surface area contributed by atoms with Crippen LogP contribution in [0.25, 0.3) is 0 Å². The van der Waals surface area contributed by atoms with E-state index in [2.05, 4.69) is 11.4 Å². The Morgan fingerprint density at radius 2 is 1.78 bits per heavy atom. The molecular weight excluding hydrogens is 292 g/mol. The molecule has 0 heterocycles. The lowest BCUT2D eigenvalue weighted by Crippen LogP contribution is -2.27. The first-order valence-electron chi connectivity index (χ1n) is 7.42. The van der Waals surface area contributed by atoms with Gasteiger partial charge in [0.1, 0.15) is 0 Å². The second kappa shape index (κ2) is 6.60. The van der Waals surface area contributed by atoms with Crippen molar-refractivity contribution < 1.29 is 9.72 Å². The maximum Gasteiger partial charge on any atom is 0.273 e. The number of amides is 1. The van der Waals surface area contributed by atoms with Crippen molar-refractivity contribution in [2.75, 3.05) is 0 Å². The van der Waals surface area contributed by atoms with Gasteiger partial charge in [0.15, 0.2) is 0 Å². The normalized spacial score (nSPS) is 11.8. The number of nitro benzene ring substituents is 1. The predicted molar refractivity (Wildman–Crippen MR) is 89.6 cm³/mol. The highest BCUT2D eigenvalue weighted by molar-refractivity contribution is 5.95. The van der Waals surface area contributed by atoms with Gasteiger partial charge in [-0.1, -0.05) is 29.8 Å². The molecule has 23 heavy (non-hydrogen) atoms. The van der Waals surface area contributed by atoms with Gasteiger partial charge in [0.25, 0.3) is 11.6 Å². The smallest absolute Gasteiger partial charge is 0.273 e. The molecule has 1 N–H and O–H groups in total. The predicted octanol–water partition coefficient (Wildman–Crippen LogP) is 4.01. The quantitative estimate of drug-likeness (QED) is 0.685. The van der Waals surface area contributed by atoms with E-state index < -0.39 is 4.92 Å². The third-order valence-corrected chi connectivity index (χ3v) is 3.91. The Kier molecular flexibility index (Phi) is 4.79. The topological polar surface area (TPSA) is 72.2 Å². The Labute approximate surface area is 135 Å². The lowest BCUT2D eigenvalue weighted by molar-refractivity contribution is -0.385. The van der Waals surface area contributed by atoms with E-state index in [0.717, 1.165) is 11.1 Å². The standard InChI is InChI=1S/C18H20N2O3/c1-11-5-8-16(13(3)9-11)14(4)19-18(21)15-7-6-12(2)17(10-15)20(22)23/h5-10,14H,1-4H3,(H,19,21). The SMILES string of the molecule is Cc1ccc(C(C)NC(=O)c2ccc(C)c([N+](=O)[O-])c2)c(C)c1. The van der Waals surface area contributed by atoms with Crippen molar-refractivity contribution in [3.05, 3.63) is 74.3 Å². The molecule has 1 unspecified atom stereocenters. The van der Waals surface area contributed by atoms with Gasteiger partial charge in [-0.25, -0.2) is 0 Å². The zero-order valence-electron chi connectivity index (χ0n) is 13.7. The van der Waals surface area contributed by atoms with Gasteiger partial charge < -0.3 is 5.32 Å². The van der Waals surface area contributed by atoms with Crippen molar-refractivity contribution in [1.29, 1.82) is 0 Å². The largest absolute Gasteiger partial charge is 0.346 e. The van der Waals surface area contributed by atoms with E-state index in [1.54, 1.807) is 19.1 Å². The van der Waals surface area contributed by atoms with E-state index in [1.165, 1.54) is 11.6 Å². The Morgan fingerprint density at radius 1 is 1.09 bits per heavy atom. The van der Waals surface area contributed by atoms with E-state index in [9.17, 15) is 14.9 Å². The summed E-state index contributed by atoms with van der Waals surface area (Å²) in [6, 6.07) is 10.4. The lowest BCUT2D eigenvalue weighted by atomic mass is 10.00. The van der Waals surface area contributed by atoms with Crippen molar-refractivity contribution in [2.45, 2.75) is 33.7 Å². The highest BCUT2D eigenvalue weighted by Crippen LogP contribution is 2.21. The number of hydrogen-bond donors (Lipinski definition) is 1. The monoisotopic (exact) mass is 312 g/mol. The second-order valence-electron chi connectivity index (χ2n) is 5.81. The fourth-order valence-corrected chi connectivity index (χ4v) is 2.62. The second-order valence-corrected chi connectivity index (χ2v) is 5.81. The molecule has 0 aromatic heterocycles. The number of nitrogens with one attached hydrogen (secondary N) is 1. The van der Waals surface area contributed by atoms with Crippen LogP contribution in [-0.4, -0.2) is 10.8 Å². The van der Waals surface area contributed by atoms with Crippen molar-refractivity contribution in [3.63, 3.8) is 0 Å². The number of carbonyl (C=O) groups excluding carboxylic acids is 1. The molecule has 0 aliphatic rings. The highest BCUT2D eigenvalue weighted by Gasteiger charge is 2.17. The molecule has 5 nitrogen and oxygen atoms in total. The van der Waals surface area contributed by atoms with Crippen molar-refractivity contribution in [3.8, 4) is 0 Å². The molecule has 0 spiro atoms. The van der Waals surface area contributed by atoms with Crippen molar-refractivity contribution in [2.24, 2.45) is 0 Å². The Hall–Kier alpha value is -2.69. The van der Waals surface area contributed by atoms with Crippen LogP contribution in [0.3, 0.4) is 0 Å². The molecule has 2 aromatic rings. The van der Waals surface area contributed by atoms with Crippen molar-refractivity contribution >= 4 is 11.6 Å². The highest BCUT2D eigenvalue weighted by atomic mass is 16.6. The average molecular weight is 312 g/mol. The first-order chi connectivity index (χ1) is 10.8. The number of hydrogen-bond acceptors (Lipinski definition) is 3. The van der Waals surface area contributed by atoms with Crippen LogP contribution in [0.4, 0.5) is 5.69 Å². The van der Waals surface area contributed by atoms with Gasteiger partial charge in [0, 0.05) is 17.2 Å². The molecule has 120 valence electrons. The van der Waals surface area contributed by atoms with Gasteiger partial charge in [-0.3, -0.25) is 14.9 Å². The first kappa shape index (κ1) is 16.7. The zero-order chi connectivity index (χ0) is 17.1. The molecular formula is C18H20N2O3. The first-order valence-corrected chi connectivity index (χ1v) is 7.42. The number of aryl methyl sites for hydroxylation is 3. The van der Waals surface area contributed by atoms with Gasteiger partial charge >= 0.3 is 0 Å². The summed E-state index contributed by atoms with van der Waals surface area (Å²) in [4.78, 5) is 22.9. The van der Waals surface area contributed by atoms with E-state index >= 15 is 0 Å². The summed E-state index contributed by atoms with van der Waals surface area (Å²) in [5, 5.41) is 13.9. The van der Waals surface area contributed by atoms with Crippen LogP contribution in [0.1, 0.15) is 45.6 Å². The Morgan fingerprint density at radius 3 is 2.39 bits per heavy atom. The molecule has 0 aliphatic heterocycles. The van der Waals surface area contributed by atoms with Crippen molar-refractivity contribution in [1.82, 2.24) is 5.32 Å². The van der Waals surface area contributed by atoms with Crippen LogP contribution in [0.5, 0.6) is 0 Å². The lowest BCUT2D eigenvalue weighted by Gasteiger charge is -2.17. The van der Waals surface area contributed by atoms with E-state index in [0.29, 0.717) is 11.1 Å². The molecule has 2 rings (SSSR count). The van der Waals surface area contributed by atoms with Gasteiger partial charge in [-0.05, 0) is 44.9 Å². The molecule has 0 radical (unpaired) electrons. The third-order valence-electron chi connectivity index (χ3n) is 3.91. The van der Waals surface area contributed by atoms with Gasteiger partial charge in [0.05, 0.1) is 11.0 Å². The van der Waals surface area contributed by atoms with Crippen LogP contribution in [0.2, 0.25) is 0 Å². The fourth-order valence-electron chi connectivity index (χ4n) is 2.62. The van der Waals surface area contributed by atoms with Gasteiger partial charge in [0.2, 0.25) is 0 Å². The summed E-state index contributed by atoms with van der Waals surface area (Å²) in [5.74, 6) is -0.319. The van der Waals surface area contributed by atoms with E-state index in [-0.39, 0.29) is 17.6 Å². The summed E-state index contributed by atoms with van der Waals surface area (Å²) < 4.78 is 0. The summed E-state index contributed by atoms with van der Waals surface area (Å²) in [6.45, 7) is 7.57. The summed E-state index contributed by atoms with van der Waals surface area (Å²) in [6.07, 6.45) is 0. The molecule has 1 amide bonds. The zero-order valence-corrected chi connectivity index (χ0v) is 13.7. The maximum atomic E-state index is 12.4. The summed E-state index contributed by atoms with van der Waals surface area (Å²) in [5.41, 5.74) is 4.09. The van der Waals surface area contributed by atoms with Crippen LogP contribution in [0, 0.1) is 30.9 Å². The number of benzene rings is 2. The van der Waals surface area contributed by atoms with Gasteiger partial charge in [-0.2, -0.15) is 0 Å². The molecule has 2 aromatic carbocycles. The minimum atomic E-state index is -0.473. The minimum absolute atomic E-state index is 0.0446. The van der Waals surface area contributed by atoms with Crippen LogP contribution in [0.15, 0.2) is 36.4 Å². The number of rotatable bonds is 4. The minimum Gasteiger partial charge on any atom is -0.346 e. The molecule has 0 fully saturated rings. The maximum absolute atomic E-state index is 12.4. The number of nitro groups is 1. The molecule has 0 bridgehead atoms. The fraction of sp³-hybridized carbons (Fsp3) is 0.278. The molecule has 0 saturated carbocycles. The van der Waals surface area contributed by atoms with Crippen LogP contribution < -0.4 is 5.32 Å². The van der Waals surface area contributed by atoms with Crippen LogP contribution in [-0.2, 0) is 0 Å². The summed E-state index contributed by atoms with van der Waals surface area (Å²) >= 11 is 0. The number of carbonyl (C=O) groups is 1. The molecule has 1 atom stereocenters. The number of nitrogens with zero attached hydrogens (tertiary/aromatic N) is 1. The van der Waals surface area contributed by atoms with E-state index in [4.69, 9.17) is 0 Å². The molecule has 5 heteroatoms. The molecule has 0 saturated heterocycles. The Balaban J connectivity index is 2.21. The summed E-state index contributed by atoms with van der Waals surface area (Å²) in [7, 11) is 0. The van der Waals surface area contributed by atoms with Gasteiger partial charge in [-0.15, -0.1) is 0 Å². The van der Waals surface area contributed by atoms with E-state index in [1.807, 2.05) is 32.9 Å². The Bertz CT molecular complexity index is 769. The van der Waals surface area contributed by atoms with Crippen LogP contribution >= 0.6 is 0 Å². The molecule has 0 aliphatic carbocycles.